The molecule has 0 amide bonds. The number of hydrogen-bond donors (Lipinski definition) is 2. The number of carbonyl (C=O) groups is 1. The second kappa shape index (κ2) is 13.0. The zero-order valence-electron chi connectivity index (χ0n) is 22.7. The molecule has 2 N–H and O–H groups in total. The van der Waals surface area contributed by atoms with Crippen molar-refractivity contribution in [2.45, 2.75) is 42.7 Å². The highest BCUT2D eigenvalue weighted by Crippen LogP contribution is 2.30. The third-order valence-electron chi connectivity index (χ3n) is 7.49. The summed E-state index contributed by atoms with van der Waals surface area (Å²) in [6.45, 7) is 2.20. The molecule has 0 radical (unpaired) electrons. The molecule has 1 atom stereocenters. The molecule has 1 unspecified atom stereocenters. The minimum absolute atomic E-state index is 0.00196. The Morgan fingerprint density at radius 2 is 1.44 bits per heavy atom. The summed E-state index contributed by atoms with van der Waals surface area (Å²) in [4.78, 5) is 14.3. The van der Waals surface area contributed by atoms with E-state index in [1.807, 2.05) is 36.4 Å². The van der Waals surface area contributed by atoms with Crippen molar-refractivity contribution in [1.82, 2.24) is 4.72 Å². The Kier molecular flexibility index (Phi) is 9.01. The number of ether oxygens (including phenoxy) is 1. The van der Waals surface area contributed by atoms with E-state index in [1.165, 1.54) is 5.56 Å². The minimum Gasteiger partial charge on any atom is -0.489 e. The standard InChI is InChI=1S/C33H34N2O5S/c36-33(37)32(23-25-11-15-30(16-12-25)40-24-26-7-3-1-4-8-26)34-41(38,39)31-17-13-29(14-18-31)35-21-19-28(20-22-35)27-9-5-2-6-10-27/h1-18,28,32,34H,19-24H2,(H,36,37). The van der Waals surface area contributed by atoms with Crippen LogP contribution in [0.4, 0.5) is 5.69 Å². The smallest absolute Gasteiger partial charge is 0.322 e. The Labute approximate surface area is 241 Å². The van der Waals surface area contributed by atoms with Crippen molar-refractivity contribution < 1.29 is 23.1 Å². The van der Waals surface area contributed by atoms with Crippen LogP contribution in [0, 0.1) is 0 Å². The van der Waals surface area contributed by atoms with Crippen molar-refractivity contribution in [2.24, 2.45) is 0 Å². The molecule has 4 aromatic rings. The molecule has 0 saturated carbocycles. The van der Waals surface area contributed by atoms with Crippen molar-refractivity contribution in [3.05, 3.63) is 126 Å². The highest BCUT2D eigenvalue weighted by molar-refractivity contribution is 7.89. The highest BCUT2D eigenvalue weighted by atomic mass is 32.2. The normalized spacial score (nSPS) is 14.9. The summed E-state index contributed by atoms with van der Waals surface area (Å²) in [6, 6.07) is 32.7. The van der Waals surface area contributed by atoms with Crippen molar-refractivity contribution >= 4 is 21.7 Å². The van der Waals surface area contributed by atoms with E-state index < -0.39 is 22.0 Å². The van der Waals surface area contributed by atoms with E-state index in [1.54, 1.807) is 48.5 Å². The third-order valence-corrected chi connectivity index (χ3v) is 8.97. The zero-order chi connectivity index (χ0) is 28.7. The topological polar surface area (TPSA) is 95.9 Å². The lowest BCUT2D eigenvalue weighted by atomic mass is 9.89. The zero-order valence-corrected chi connectivity index (χ0v) is 23.5. The SMILES string of the molecule is O=C(O)C(Cc1ccc(OCc2ccccc2)cc1)NS(=O)(=O)c1ccc(N2CCC(c3ccccc3)CC2)cc1. The van der Waals surface area contributed by atoms with E-state index in [0.717, 1.165) is 37.2 Å². The maximum atomic E-state index is 13.1. The molecule has 0 aromatic heterocycles. The highest BCUT2D eigenvalue weighted by Gasteiger charge is 2.26. The largest absolute Gasteiger partial charge is 0.489 e. The molecule has 1 aliphatic rings. The first kappa shape index (κ1) is 28.4. The van der Waals surface area contributed by atoms with Gasteiger partial charge in [0.25, 0.3) is 0 Å². The van der Waals surface area contributed by atoms with E-state index in [4.69, 9.17) is 4.74 Å². The molecule has 0 spiro atoms. The molecule has 4 aromatic carbocycles. The molecule has 212 valence electrons. The number of rotatable bonds is 11. The average molecular weight is 571 g/mol. The van der Waals surface area contributed by atoms with Crippen LogP contribution >= 0.6 is 0 Å². The number of benzene rings is 4. The maximum absolute atomic E-state index is 13.1. The first-order chi connectivity index (χ1) is 19.9. The number of carboxylic acids is 1. The van der Waals surface area contributed by atoms with Crippen molar-refractivity contribution in [1.29, 1.82) is 0 Å². The molecule has 1 saturated heterocycles. The van der Waals surface area contributed by atoms with E-state index >= 15 is 0 Å². The van der Waals surface area contributed by atoms with Crippen LogP contribution in [0.3, 0.4) is 0 Å². The van der Waals surface area contributed by atoms with Gasteiger partial charge >= 0.3 is 5.97 Å². The van der Waals surface area contributed by atoms with E-state index in [9.17, 15) is 18.3 Å². The van der Waals surface area contributed by atoms with Gasteiger partial charge in [0.15, 0.2) is 0 Å². The molecule has 0 bridgehead atoms. The molecular weight excluding hydrogens is 536 g/mol. The summed E-state index contributed by atoms with van der Waals surface area (Å²) in [5.41, 5.74) is 4.04. The van der Waals surface area contributed by atoms with Crippen LogP contribution in [0.1, 0.15) is 35.4 Å². The molecule has 5 rings (SSSR count). The first-order valence-electron chi connectivity index (χ1n) is 13.8. The number of hydrogen-bond acceptors (Lipinski definition) is 5. The van der Waals surface area contributed by atoms with Gasteiger partial charge in [-0.05, 0) is 78.3 Å². The van der Waals surface area contributed by atoms with Crippen LogP contribution in [0.25, 0.3) is 0 Å². The predicted molar refractivity (Wildman–Crippen MR) is 160 cm³/mol. The van der Waals surface area contributed by atoms with Crippen molar-refractivity contribution in [2.75, 3.05) is 18.0 Å². The van der Waals surface area contributed by atoms with Crippen molar-refractivity contribution in [3.8, 4) is 5.75 Å². The van der Waals surface area contributed by atoms with Gasteiger partial charge in [0.2, 0.25) is 10.0 Å². The predicted octanol–water partition coefficient (Wildman–Crippen LogP) is 5.62. The Morgan fingerprint density at radius 3 is 2.05 bits per heavy atom. The number of aliphatic carboxylic acids is 1. The summed E-state index contributed by atoms with van der Waals surface area (Å²) in [6.07, 6.45) is 2.07. The van der Waals surface area contributed by atoms with Gasteiger partial charge < -0.3 is 14.7 Å². The molecule has 7 nitrogen and oxygen atoms in total. The molecule has 41 heavy (non-hydrogen) atoms. The van der Waals surface area contributed by atoms with Crippen LogP contribution < -0.4 is 14.4 Å². The number of nitrogens with zero attached hydrogens (tertiary/aromatic N) is 1. The molecule has 1 aliphatic heterocycles. The first-order valence-corrected chi connectivity index (χ1v) is 15.3. The summed E-state index contributed by atoms with van der Waals surface area (Å²) in [5.74, 6) is -0.0624. The fourth-order valence-corrected chi connectivity index (χ4v) is 6.35. The van der Waals surface area contributed by atoms with Crippen LogP contribution in [-0.2, 0) is 27.8 Å². The monoisotopic (exact) mass is 570 g/mol. The third kappa shape index (κ3) is 7.54. The minimum atomic E-state index is -4.04. The van der Waals surface area contributed by atoms with E-state index in [0.29, 0.717) is 23.8 Å². The number of anilines is 1. The van der Waals surface area contributed by atoms with E-state index in [-0.39, 0.29) is 11.3 Å². The summed E-state index contributed by atoms with van der Waals surface area (Å²) in [7, 11) is -4.04. The Morgan fingerprint density at radius 1 is 0.829 bits per heavy atom. The van der Waals surface area contributed by atoms with Gasteiger partial charge in [0.05, 0.1) is 4.90 Å². The van der Waals surface area contributed by atoms with Gasteiger partial charge in [-0.25, -0.2) is 8.42 Å². The quantitative estimate of drug-likeness (QED) is 0.243. The average Bonchev–Trinajstić information content (AvgIpc) is 3.01. The van der Waals surface area contributed by atoms with Gasteiger partial charge in [0.1, 0.15) is 18.4 Å². The van der Waals surface area contributed by atoms with Gasteiger partial charge in [-0.3, -0.25) is 4.79 Å². The summed E-state index contributed by atoms with van der Waals surface area (Å²) in [5, 5.41) is 9.77. The Bertz CT molecular complexity index is 1520. The second-order valence-electron chi connectivity index (χ2n) is 10.3. The lowest BCUT2D eigenvalue weighted by Crippen LogP contribution is -2.42. The molecule has 0 aliphatic carbocycles. The number of sulfonamides is 1. The summed E-state index contributed by atoms with van der Waals surface area (Å²) >= 11 is 0. The lowest BCUT2D eigenvalue weighted by molar-refractivity contribution is -0.138. The Balaban J connectivity index is 1.17. The summed E-state index contributed by atoms with van der Waals surface area (Å²) < 4.78 is 34.3. The number of piperidine rings is 1. The van der Waals surface area contributed by atoms with Crippen LogP contribution in [0.5, 0.6) is 5.75 Å². The van der Waals surface area contributed by atoms with Crippen molar-refractivity contribution in [3.63, 3.8) is 0 Å². The molecule has 8 heteroatoms. The Hall–Kier alpha value is -4.14. The van der Waals surface area contributed by atoms with E-state index in [2.05, 4.69) is 33.9 Å². The maximum Gasteiger partial charge on any atom is 0.322 e. The number of nitrogens with one attached hydrogen (secondary N) is 1. The van der Waals surface area contributed by atoms with Gasteiger partial charge in [-0.1, -0.05) is 72.8 Å². The van der Waals surface area contributed by atoms with Gasteiger partial charge in [-0.15, -0.1) is 0 Å². The fraction of sp³-hybridized carbons (Fsp3) is 0.242. The van der Waals surface area contributed by atoms with Gasteiger partial charge in [-0.2, -0.15) is 4.72 Å². The van der Waals surface area contributed by atoms with Gasteiger partial charge in [0, 0.05) is 18.8 Å². The van der Waals surface area contributed by atoms with Crippen LogP contribution in [0.2, 0.25) is 0 Å². The molecule has 1 heterocycles. The molecule has 1 fully saturated rings. The molecular formula is C33H34N2O5S. The van der Waals surface area contributed by atoms with Crippen LogP contribution in [0.15, 0.2) is 114 Å². The second-order valence-corrected chi connectivity index (χ2v) is 12.0. The fourth-order valence-electron chi connectivity index (χ4n) is 5.17. The number of carboxylic acid groups (broad SMARTS) is 1. The lowest BCUT2D eigenvalue weighted by Gasteiger charge is -2.34. The van der Waals surface area contributed by atoms with Crippen LogP contribution in [-0.4, -0.2) is 38.6 Å².